The molecule has 0 N–H and O–H groups in total. The maximum atomic E-state index is 3.65. The zero-order valence-electron chi connectivity index (χ0n) is 14.4. The van der Waals surface area contributed by atoms with Crippen LogP contribution in [0.15, 0.2) is 12.7 Å². The Bertz CT molecular complexity index is 120. The van der Waals surface area contributed by atoms with E-state index < -0.39 is 0 Å². The maximum Gasteiger partial charge on any atom is -0.0328 e. The molecule has 1 aliphatic rings. The van der Waals surface area contributed by atoms with Crippen LogP contribution in [0.5, 0.6) is 0 Å². The van der Waals surface area contributed by atoms with Crippen molar-refractivity contribution in [2.45, 2.75) is 93.4 Å². The molecule has 1 fully saturated rings. The van der Waals surface area contributed by atoms with Crippen LogP contribution in [0, 0.1) is 11.8 Å². The minimum atomic E-state index is 0.831. The van der Waals surface area contributed by atoms with Crippen LogP contribution in [0.3, 0.4) is 0 Å². The average Bonchev–Trinajstić information content (AvgIpc) is 2.40. The number of rotatable bonds is 4. The highest BCUT2D eigenvalue weighted by Crippen LogP contribution is 2.24. The van der Waals surface area contributed by atoms with Crippen molar-refractivity contribution >= 4 is 0 Å². The lowest BCUT2D eigenvalue weighted by atomic mass is 9.88. The van der Waals surface area contributed by atoms with Crippen LogP contribution in [0.4, 0.5) is 0 Å². The molecular weight excluding hydrogens is 216 g/mol. The molecule has 0 amide bonds. The first-order chi connectivity index (χ1) is 8.62. The van der Waals surface area contributed by atoms with E-state index >= 15 is 0 Å². The van der Waals surface area contributed by atoms with Crippen LogP contribution in [0.25, 0.3) is 0 Å². The fraction of sp³-hybridized carbons (Fsp3) is 0.889. The normalized spacial score (nSPS) is 14.4. The molecule has 0 aliphatic heterocycles. The first-order valence-electron chi connectivity index (χ1n) is 8.23. The second kappa shape index (κ2) is 22.0. The molecule has 0 spiro atoms. The Balaban J connectivity index is -0.000000181. The Kier molecular flexibility index (Phi) is 27.9. The minimum absolute atomic E-state index is 0.831. The molecule has 0 nitrogen and oxygen atoms in total. The van der Waals surface area contributed by atoms with E-state index in [2.05, 4.69) is 41.2 Å². The zero-order valence-corrected chi connectivity index (χ0v) is 14.4. The summed E-state index contributed by atoms with van der Waals surface area (Å²) in [5, 5.41) is 0. The minimum Gasteiger partial charge on any atom is -0.103 e. The van der Waals surface area contributed by atoms with Gasteiger partial charge >= 0.3 is 0 Å². The third kappa shape index (κ3) is 24.8. The number of allylic oxidation sites excluding steroid dienone is 1. The summed E-state index contributed by atoms with van der Waals surface area (Å²) in [6, 6.07) is 0. The summed E-state index contributed by atoms with van der Waals surface area (Å²) in [6.07, 6.45) is 11.5. The predicted molar refractivity (Wildman–Crippen MR) is 89.2 cm³/mol. The van der Waals surface area contributed by atoms with Crippen molar-refractivity contribution in [2.24, 2.45) is 11.8 Å². The molecule has 0 aromatic heterocycles. The topological polar surface area (TPSA) is 0 Å². The molecule has 1 saturated carbocycles. The van der Waals surface area contributed by atoms with Gasteiger partial charge in [-0.05, 0) is 18.3 Å². The van der Waals surface area contributed by atoms with E-state index in [9.17, 15) is 0 Å². The lowest BCUT2D eigenvalue weighted by Crippen LogP contribution is -2.04. The molecule has 0 heteroatoms. The number of unbranched alkanes of at least 4 members (excludes halogenated alkanes) is 1. The molecule has 18 heavy (non-hydrogen) atoms. The highest BCUT2D eigenvalue weighted by atomic mass is 14.1. The van der Waals surface area contributed by atoms with Crippen molar-refractivity contribution in [3.05, 3.63) is 12.7 Å². The van der Waals surface area contributed by atoms with Gasteiger partial charge in [-0.3, -0.25) is 0 Å². The second-order valence-corrected chi connectivity index (χ2v) is 5.07. The largest absolute Gasteiger partial charge is 0.103 e. The summed E-state index contributed by atoms with van der Waals surface area (Å²) in [6.45, 7) is 18.8. The van der Waals surface area contributed by atoms with Crippen LogP contribution >= 0.6 is 0 Å². The second-order valence-electron chi connectivity index (χ2n) is 5.07. The van der Waals surface area contributed by atoms with Gasteiger partial charge in [0.25, 0.3) is 0 Å². The van der Waals surface area contributed by atoms with Gasteiger partial charge in [0.1, 0.15) is 0 Å². The Labute approximate surface area is 118 Å². The Morgan fingerprint density at radius 1 is 1.11 bits per heavy atom. The molecule has 0 bridgehead atoms. The van der Waals surface area contributed by atoms with Crippen molar-refractivity contribution in [3.8, 4) is 0 Å². The van der Waals surface area contributed by atoms with Gasteiger partial charge in [0.2, 0.25) is 0 Å². The molecule has 0 aromatic carbocycles. The Hall–Kier alpha value is -0.260. The summed E-state index contributed by atoms with van der Waals surface area (Å²) in [5.74, 6) is 1.90. The summed E-state index contributed by atoms with van der Waals surface area (Å²) >= 11 is 0. The number of hydrogen-bond acceptors (Lipinski definition) is 0. The van der Waals surface area contributed by atoms with Crippen molar-refractivity contribution in [2.75, 3.05) is 0 Å². The average molecular weight is 257 g/mol. The smallest absolute Gasteiger partial charge is 0.0328 e. The standard InChI is InChI=1S/C7H14.C5H10.C4H10.C2H6/c1-4-6-7(3)5-2;1-5-3-2-4-5;1-3-4-2;1-2/h4,7H,1,5-6H2,2-3H3;5H,2-4H2,1H3;3-4H2,1-2H3;1-2H3. The van der Waals surface area contributed by atoms with Crippen molar-refractivity contribution in [1.82, 2.24) is 0 Å². The lowest BCUT2D eigenvalue weighted by molar-refractivity contribution is 0.346. The highest BCUT2D eigenvalue weighted by Gasteiger charge is 2.09. The van der Waals surface area contributed by atoms with E-state index in [1.165, 1.54) is 38.5 Å². The van der Waals surface area contributed by atoms with Gasteiger partial charge < -0.3 is 0 Å². The lowest BCUT2D eigenvalue weighted by Gasteiger charge is -2.18. The molecule has 0 aromatic rings. The Morgan fingerprint density at radius 2 is 1.50 bits per heavy atom. The van der Waals surface area contributed by atoms with Crippen LogP contribution in [-0.2, 0) is 0 Å². The Morgan fingerprint density at radius 3 is 1.56 bits per heavy atom. The fourth-order valence-corrected chi connectivity index (χ4v) is 1.06. The first-order valence-corrected chi connectivity index (χ1v) is 8.23. The van der Waals surface area contributed by atoms with Crippen LogP contribution in [0.1, 0.15) is 93.4 Å². The van der Waals surface area contributed by atoms with Gasteiger partial charge in [-0.2, -0.15) is 0 Å². The molecule has 112 valence electrons. The van der Waals surface area contributed by atoms with E-state index in [0.717, 1.165) is 18.3 Å². The summed E-state index contributed by atoms with van der Waals surface area (Å²) in [5.41, 5.74) is 0. The van der Waals surface area contributed by atoms with Gasteiger partial charge in [0.15, 0.2) is 0 Å². The fourth-order valence-electron chi connectivity index (χ4n) is 1.06. The van der Waals surface area contributed by atoms with E-state index in [-0.39, 0.29) is 0 Å². The van der Waals surface area contributed by atoms with Crippen molar-refractivity contribution in [3.63, 3.8) is 0 Å². The van der Waals surface area contributed by atoms with Crippen molar-refractivity contribution < 1.29 is 0 Å². The van der Waals surface area contributed by atoms with Gasteiger partial charge in [-0.25, -0.2) is 0 Å². The molecule has 0 heterocycles. The monoisotopic (exact) mass is 256 g/mol. The molecule has 1 rings (SSSR count). The molecule has 0 saturated heterocycles. The van der Waals surface area contributed by atoms with Gasteiger partial charge in [-0.15, -0.1) is 6.58 Å². The van der Waals surface area contributed by atoms with E-state index in [1.807, 2.05) is 19.9 Å². The quantitative estimate of drug-likeness (QED) is 0.465. The maximum absolute atomic E-state index is 3.65. The first kappa shape index (κ1) is 22.9. The van der Waals surface area contributed by atoms with Crippen molar-refractivity contribution in [1.29, 1.82) is 0 Å². The van der Waals surface area contributed by atoms with E-state index in [0.29, 0.717) is 0 Å². The summed E-state index contributed by atoms with van der Waals surface area (Å²) in [7, 11) is 0. The third-order valence-corrected chi connectivity index (χ3v) is 3.16. The van der Waals surface area contributed by atoms with E-state index in [1.54, 1.807) is 0 Å². The molecule has 0 radical (unpaired) electrons. The van der Waals surface area contributed by atoms with Crippen LogP contribution < -0.4 is 0 Å². The highest BCUT2D eigenvalue weighted by molar-refractivity contribution is 4.68. The third-order valence-electron chi connectivity index (χ3n) is 3.16. The summed E-state index contributed by atoms with van der Waals surface area (Å²) in [4.78, 5) is 0. The zero-order chi connectivity index (χ0) is 14.8. The molecular formula is C18H40. The van der Waals surface area contributed by atoms with Crippen LogP contribution in [0.2, 0.25) is 0 Å². The SMILES string of the molecule is C=CCC(C)CC.CC.CC1CCC1.CCCC. The van der Waals surface area contributed by atoms with Gasteiger partial charge in [0, 0.05) is 0 Å². The van der Waals surface area contributed by atoms with Crippen LogP contribution in [-0.4, -0.2) is 0 Å². The number of hydrogen-bond donors (Lipinski definition) is 0. The van der Waals surface area contributed by atoms with Gasteiger partial charge in [-0.1, -0.05) is 93.1 Å². The van der Waals surface area contributed by atoms with Gasteiger partial charge in [0.05, 0.1) is 0 Å². The predicted octanol–water partition coefficient (Wildman–Crippen LogP) is 7.25. The van der Waals surface area contributed by atoms with E-state index in [4.69, 9.17) is 0 Å². The molecule has 1 atom stereocenters. The molecule has 1 aliphatic carbocycles. The summed E-state index contributed by atoms with van der Waals surface area (Å²) < 4.78 is 0. The molecule has 1 unspecified atom stereocenters.